The van der Waals surface area contributed by atoms with Gasteiger partial charge in [-0.3, -0.25) is 14.9 Å². The number of carboxylic acid groups (broad SMARTS) is 1. The zero-order chi connectivity index (χ0) is 18.4. The molecule has 0 bridgehead atoms. The lowest BCUT2D eigenvalue weighted by Gasteiger charge is -2.09. The van der Waals surface area contributed by atoms with Crippen LogP contribution in [0.4, 0.5) is 5.13 Å². The van der Waals surface area contributed by atoms with Gasteiger partial charge in [0.2, 0.25) is 0 Å². The second-order valence-electron chi connectivity index (χ2n) is 4.77. The summed E-state index contributed by atoms with van der Waals surface area (Å²) in [7, 11) is 1.52. The highest BCUT2D eigenvalue weighted by Gasteiger charge is 2.21. The highest BCUT2D eigenvalue weighted by atomic mass is 32.1. The molecule has 0 aliphatic heterocycles. The number of aliphatic hydroxyl groups excluding tert-OH is 1. The third kappa shape index (κ3) is 4.75. The normalized spacial score (nSPS) is 11.4. The monoisotopic (exact) mass is 365 g/mol. The van der Waals surface area contributed by atoms with E-state index >= 15 is 0 Å². The average molecular weight is 365 g/mol. The van der Waals surface area contributed by atoms with Crippen LogP contribution in [0.3, 0.4) is 0 Å². The molecule has 1 aromatic carbocycles. The van der Waals surface area contributed by atoms with Gasteiger partial charge in [-0.25, -0.2) is 9.78 Å². The minimum Gasteiger partial charge on any atom is -0.497 e. The lowest BCUT2D eigenvalue weighted by molar-refractivity contribution is -0.140. The summed E-state index contributed by atoms with van der Waals surface area (Å²) < 4.78 is 5.01. The van der Waals surface area contributed by atoms with Crippen molar-refractivity contribution in [2.75, 3.05) is 19.0 Å². The summed E-state index contributed by atoms with van der Waals surface area (Å²) in [6, 6.07) is 5.00. The third-order valence-electron chi connectivity index (χ3n) is 3.10. The number of aliphatic carboxylic acids is 1. The Morgan fingerprint density at radius 2 is 1.92 bits per heavy atom. The number of anilines is 1. The molecule has 10 heteroatoms. The number of rotatable bonds is 7. The molecule has 132 valence electrons. The van der Waals surface area contributed by atoms with Crippen LogP contribution in [0.25, 0.3) is 0 Å². The Labute approximate surface area is 146 Å². The van der Waals surface area contributed by atoms with Crippen molar-refractivity contribution in [3.05, 3.63) is 40.9 Å². The highest BCUT2D eigenvalue weighted by Crippen LogP contribution is 2.18. The van der Waals surface area contributed by atoms with Crippen LogP contribution >= 0.6 is 11.3 Å². The summed E-state index contributed by atoms with van der Waals surface area (Å²) in [5.41, 5.74) is 0.322. The number of amides is 2. The van der Waals surface area contributed by atoms with Crippen LogP contribution in [0.2, 0.25) is 0 Å². The van der Waals surface area contributed by atoms with Crippen molar-refractivity contribution >= 4 is 34.3 Å². The van der Waals surface area contributed by atoms with Gasteiger partial charge in [0.1, 0.15) is 11.4 Å². The number of aromatic nitrogens is 1. The molecule has 0 aliphatic carbocycles. The molecule has 4 N–H and O–H groups in total. The number of nitrogens with one attached hydrogen (secondary N) is 2. The fraction of sp³-hybridized carbons (Fsp3) is 0.200. The van der Waals surface area contributed by atoms with Gasteiger partial charge >= 0.3 is 5.97 Å². The number of ether oxygens (including phenoxy) is 1. The first-order chi connectivity index (χ1) is 11.9. The van der Waals surface area contributed by atoms with E-state index < -0.39 is 30.4 Å². The van der Waals surface area contributed by atoms with Gasteiger partial charge in [-0.15, -0.1) is 11.3 Å². The van der Waals surface area contributed by atoms with E-state index in [1.165, 1.54) is 12.5 Å². The van der Waals surface area contributed by atoms with Gasteiger partial charge in [0.05, 0.1) is 13.7 Å². The number of nitrogens with zero attached hydrogens (tertiary/aromatic N) is 1. The van der Waals surface area contributed by atoms with E-state index in [-0.39, 0.29) is 10.8 Å². The molecule has 0 aliphatic rings. The summed E-state index contributed by atoms with van der Waals surface area (Å²) in [6.07, 6.45) is 0. The molecule has 9 nitrogen and oxygen atoms in total. The van der Waals surface area contributed by atoms with Crippen molar-refractivity contribution in [3.63, 3.8) is 0 Å². The van der Waals surface area contributed by atoms with Gasteiger partial charge in [-0.1, -0.05) is 0 Å². The van der Waals surface area contributed by atoms with Gasteiger partial charge in [0, 0.05) is 10.9 Å². The number of carboxylic acids is 1. The van der Waals surface area contributed by atoms with Crippen LogP contribution < -0.4 is 15.4 Å². The lowest BCUT2D eigenvalue weighted by atomic mass is 10.2. The molecule has 2 aromatic rings. The number of methoxy groups -OCH3 is 1. The Morgan fingerprint density at radius 3 is 2.48 bits per heavy atom. The average Bonchev–Trinajstić information content (AvgIpc) is 3.07. The molecule has 0 spiro atoms. The SMILES string of the molecule is COc1ccc(C(=O)Nc2nc(C(=O)NC(CO)C(=O)O)cs2)cc1. The standard InChI is InChI=1S/C15H15N3O6S/c1-24-9-4-2-8(3-5-9)12(20)18-15-17-11(7-25-15)13(21)16-10(6-19)14(22)23/h2-5,7,10,19H,6H2,1H3,(H,16,21)(H,22,23)(H,17,18,20). The first-order valence-corrected chi connectivity index (χ1v) is 7.88. The Kier molecular flexibility index (Phi) is 6.03. The molecule has 2 amide bonds. The van der Waals surface area contributed by atoms with E-state index in [1.54, 1.807) is 24.3 Å². The summed E-state index contributed by atoms with van der Waals surface area (Å²) in [6.45, 7) is -0.744. The maximum Gasteiger partial charge on any atom is 0.328 e. The number of aliphatic hydroxyl groups is 1. The van der Waals surface area contributed by atoms with Crippen LogP contribution in [-0.2, 0) is 4.79 Å². The number of hydrogen-bond donors (Lipinski definition) is 4. The largest absolute Gasteiger partial charge is 0.497 e. The number of carbonyl (C=O) groups excluding carboxylic acids is 2. The van der Waals surface area contributed by atoms with Crippen molar-refractivity contribution < 1.29 is 29.3 Å². The number of hydrogen-bond acceptors (Lipinski definition) is 7. The molecule has 1 aromatic heterocycles. The van der Waals surface area contributed by atoms with Crippen molar-refractivity contribution in [2.45, 2.75) is 6.04 Å². The minimum absolute atomic E-state index is 0.0604. The van der Waals surface area contributed by atoms with Gasteiger partial charge in [-0.2, -0.15) is 0 Å². The van der Waals surface area contributed by atoms with Crippen LogP contribution in [0.5, 0.6) is 5.75 Å². The Morgan fingerprint density at radius 1 is 1.24 bits per heavy atom. The van der Waals surface area contributed by atoms with E-state index in [1.807, 2.05) is 0 Å². The maximum atomic E-state index is 12.1. The third-order valence-corrected chi connectivity index (χ3v) is 3.85. The fourth-order valence-corrected chi connectivity index (χ4v) is 2.45. The van der Waals surface area contributed by atoms with Gasteiger partial charge < -0.3 is 20.3 Å². The number of thiazole rings is 1. The Bertz CT molecular complexity index is 774. The van der Waals surface area contributed by atoms with Gasteiger partial charge in [0.15, 0.2) is 11.2 Å². The molecular weight excluding hydrogens is 350 g/mol. The van der Waals surface area contributed by atoms with Crippen molar-refractivity contribution in [1.29, 1.82) is 0 Å². The first kappa shape index (κ1) is 18.4. The summed E-state index contributed by atoms with van der Waals surface area (Å²) in [5.74, 6) is -1.92. The fourth-order valence-electron chi connectivity index (χ4n) is 1.76. The van der Waals surface area contributed by atoms with Gasteiger partial charge in [-0.05, 0) is 24.3 Å². The maximum absolute atomic E-state index is 12.1. The van der Waals surface area contributed by atoms with E-state index in [4.69, 9.17) is 14.9 Å². The smallest absolute Gasteiger partial charge is 0.328 e. The highest BCUT2D eigenvalue weighted by molar-refractivity contribution is 7.14. The van der Waals surface area contributed by atoms with Crippen LogP contribution in [0.1, 0.15) is 20.8 Å². The van der Waals surface area contributed by atoms with E-state index in [0.29, 0.717) is 11.3 Å². The molecule has 0 radical (unpaired) electrons. The molecular formula is C15H15N3O6S. The number of carbonyl (C=O) groups is 3. The zero-order valence-electron chi connectivity index (χ0n) is 13.1. The summed E-state index contributed by atoms with van der Waals surface area (Å²) in [5, 5.41) is 23.9. The van der Waals surface area contributed by atoms with Gasteiger partial charge in [0.25, 0.3) is 11.8 Å². The van der Waals surface area contributed by atoms with Crippen LogP contribution in [0.15, 0.2) is 29.6 Å². The van der Waals surface area contributed by atoms with Crippen molar-refractivity contribution in [3.8, 4) is 5.75 Å². The second-order valence-corrected chi connectivity index (χ2v) is 5.63. The Hall–Kier alpha value is -2.98. The van der Waals surface area contributed by atoms with E-state index in [0.717, 1.165) is 11.3 Å². The molecule has 1 heterocycles. The van der Waals surface area contributed by atoms with E-state index in [9.17, 15) is 14.4 Å². The van der Waals surface area contributed by atoms with Crippen LogP contribution in [0, 0.1) is 0 Å². The molecule has 1 unspecified atom stereocenters. The quantitative estimate of drug-likeness (QED) is 0.563. The van der Waals surface area contributed by atoms with Crippen molar-refractivity contribution in [2.24, 2.45) is 0 Å². The molecule has 2 rings (SSSR count). The molecule has 25 heavy (non-hydrogen) atoms. The van der Waals surface area contributed by atoms with E-state index in [2.05, 4.69) is 15.6 Å². The lowest BCUT2D eigenvalue weighted by Crippen LogP contribution is -2.43. The number of benzene rings is 1. The molecule has 0 saturated carbocycles. The summed E-state index contributed by atoms with van der Waals surface area (Å²) >= 11 is 1.01. The Balaban J connectivity index is 2.01. The predicted octanol–water partition coefficient (Wildman–Crippen LogP) is 0.579. The molecule has 0 saturated heterocycles. The molecule has 0 fully saturated rings. The zero-order valence-corrected chi connectivity index (χ0v) is 13.9. The first-order valence-electron chi connectivity index (χ1n) is 7.00. The predicted molar refractivity (Wildman–Crippen MR) is 89.0 cm³/mol. The van der Waals surface area contributed by atoms with Crippen molar-refractivity contribution in [1.82, 2.24) is 10.3 Å². The minimum atomic E-state index is -1.42. The summed E-state index contributed by atoms with van der Waals surface area (Å²) in [4.78, 5) is 38.7. The second kappa shape index (κ2) is 8.22. The molecule has 1 atom stereocenters. The topological polar surface area (TPSA) is 138 Å². The van der Waals surface area contributed by atoms with Crippen LogP contribution in [-0.4, -0.2) is 52.7 Å².